The topological polar surface area (TPSA) is 122 Å². The van der Waals surface area contributed by atoms with Gasteiger partial charge in [-0.2, -0.15) is 0 Å². The molecule has 0 saturated carbocycles. The van der Waals surface area contributed by atoms with Crippen LogP contribution in [0.4, 0.5) is 11.6 Å². The van der Waals surface area contributed by atoms with E-state index < -0.39 is 15.9 Å². The maximum atomic E-state index is 13.0. The molecule has 3 rings (SSSR count). The quantitative estimate of drug-likeness (QED) is 0.456. The van der Waals surface area contributed by atoms with Crippen LogP contribution in [-0.2, 0) is 10.0 Å². The van der Waals surface area contributed by atoms with Crippen LogP contribution in [0.25, 0.3) is 0 Å². The number of thiophene rings is 1. The molecule has 2 aromatic heterocycles. The predicted octanol–water partition coefficient (Wildman–Crippen LogP) is 4.46. The van der Waals surface area contributed by atoms with Crippen LogP contribution < -0.4 is 10.0 Å². The SMILES string of the molecule is Cc1cc(C)c(NC(=O)c2sccc2S(=O)(=O)Nc2onc(C)c2Cl)c(C(C)CO)c1. The highest BCUT2D eigenvalue weighted by molar-refractivity contribution is 7.93. The number of carbonyl (C=O) groups excluding carboxylic acids is 1. The van der Waals surface area contributed by atoms with E-state index in [0.717, 1.165) is 28.0 Å². The molecule has 31 heavy (non-hydrogen) atoms. The van der Waals surface area contributed by atoms with Gasteiger partial charge < -0.3 is 14.9 Å². The Bertz CT molecular complexity index is 1230. The van der Waals surface area contributed by atoms with Crippen LogP contribution in [0.15, 0.2) is 33.0 Å². The van der Waals surface area contributed by atoms with Crippen LogP contribution in [0.5, 0.6) is 0 Å². The first-order chi connectivity index (χ1) is 14.5. The van der Waals surface area contributed by atoms with Gasteiger partial charge in [-0.25, -0.2) is 13.1 Å². The molecule has 0 aliphatic rings. The van der Waals surface area contributed by atoms with E-state index in [1.54, 1.807) is 6.92 Å². The van der Waals surface area contributed by atoms with Gasteiger partial charge in [0, 0.05) is 18.2 Å². The average molecular weight is 484 g/mol. The third kappa shape index (κ3) is 4.77. The molecule has 0 radical (unpaired) electrons. The molecule has 11 heteroatoms. The summed E-state index contributed by atoms with van der Waals surface area (Å²) in [7, 11) is -4.15. The molecule has 0 aliphatic heterocycles. The molecule has 0 fully saturated rings. The number of carbonyl (C=O) groups is 1. The smallest absolute Gasteiger partial charge is 0.267 e. The van der Waals surface area contributed by atoms with Crippen LogP contribution in [0, 0.1) is 20.8 Å². The molecule has 1 aromatic carbocycles. The highest BCUT2D eigenvalue weighted by Gasteiger charge is 2.27. The lowest BCUT2D eigenvalue weighted by atomic mass is 9.95. The highest BCUT2D eigenvalue weighted by atomic mass is 35.5. The van der Waals surface area contributed by atoms with E-state index in [2.05, 4.69) is 15.2 Å². The maximum Gasteiger partial charge on any atom is 0.267 e. The summed E-state index contributed by atoms with van der Waals surface area (Å²) in [5, 5.41) is 17.6. The Morgan fingerprint density at radius 2 is 2.03 bits per heavy atom. The Morgan fingerprint density at radius 3 is 2.65 bits per heavy atom. The standard InChI is InChI=1S/C20H22ClN3O5S2/c1-10-7-11(2)17(14(8-10)12(3)9-25)22-19(26)18-15(5-6-30-18)31(27,28)24-20-16(21)13(4)23-29-20/h5-8,12,24-25H,9H2,1-4H3,(H,22,26). The average Bonchev–Trinajstić information content (AvgIpc) is 3.32. The van der Waals surface area contributed by atoms with Crippen molar-refractivity contribution in [2.24, 2.45) is 0 Å². The number of hydrogen-bond acceptors (Lipinski definition) is 7. The number of amides is 1. The fourth-order valence-corrected chi connectivity index (χ4v) is 5.59. The van der Waals surface area contributed by atoms with E-state index in [9.17, 15) is 18.3 Å². The zero-order valence-electron chi connectivity index (χ0n) is 17.3. The zero-order chi connectivity index (χ0) is 22.9. The van der Waals surface area contributed by atoms with E-state index in [1.165, 1.54) is 11.4 Å². The molecule has 2 heterocycles. The van der Waals surface area contributed by atoms with Crippen molar-refractivity contribution < 1.29 is 22.8 Å². The Morgan fingerprint density at radius 1 is 1.32 bits per heavy atom. The van der Waals surface area contributed by atoms with E-state index in [0.29, 0.717) is 11.4 Å². The van der Waals surface area contributed by atoms with Gasteiger partial charge >= 0.3 is 0 Å². The minimum atomic E-state index is -4.15. The summed E-state index contributed by atoms with van der Waals surface area (Å²) in [5.41, 5.74) is 3.47. The van der Waals surface area contributed by atoms with Gasteiger partial charge in [0.05, 0.1) is 0 Å². The Labute approximate surface area is 189 Å². The van der Waals surface area contributed by atoms with Gasteiger partial charge in [-0.05, 0) is 43.3 Å². The van der Waals surface area contributed by atoms with Crippen LogP contribution in [-0.4, -0.2) is 31.2 Å². The number of anilines is 2. The van der Waals surface area contributed by atoms with Crippen molar-refractivity contribution in [1.29, 1.82) is 0 Å². The second-order valence-electron chi connectivity index (χ2n) is 7.21. The summed E-state index contributed by atoms with van der Waals surface area (Å²) in [6, 6.07) is 5.13. The van der Waals surface area contributed by atoms with Crippen molar-refractivity contribution in [3.05, 3.63) is 55.9 Å². The normalized spacial score (nSPS) is 12.6. The molecule has 0 spiro atoms. The summed E-state index contributed by atoms with van der Waals surface area (Å²) < 4.78 is 32.9. The summed E-state index contributed by atoms with van der Waals surface area (Å²) in [6.45, 7) is 7.10. The molecule has 0 bridgehead atoms. The van der Waals surface area contributed by atoms with Crippen LogP contribution in [0.3, 0.4) is 0 Å². The van der Waals surface area contributed by atoms with Gasteiger partial charge in [0.2, 0.25) is 0 Å². The number of halogens is 1. The Hall–Kier alpha value is -2.40. The monoisotopic (exact) mass is 483 g/mol. The molecule has 0 aliphatic carbocycles. The van der Waals surface area contributed by atoms with Crippen molar-refractivity contribution in [2.75, 3.05) is 16.6 Å². The molecule has 3 N–H and O–H groups in total. The minimum Gasteiger partial charge on any atom is -0.396 e. The number of hydrogen-bond donors (Lipinski definition) is 3. The molecule has 1 atom stereocenters. The van der Waals surface area contributed by atoms with E-state index >= 15 is 0 Å². The van der Waals surface area contributed by atoms with Gasteiger partial charge in [-0.15, -0.1) is 11.3 Å². The van der Waals surface area contributed by atoms with Gasteiger partial charge in [-0.1, -0.05) is 41.4 Å². The van der Waals surface area contributed by atoms with E-state index in [1.807, 2.05) is 32.9 Å². The van der Waals surface area contributed by atoms with Crippen LogP contribution in [0.1, 0.15) is 44.9 Å². The molecule has 1 amide bonds. The molecule has 1 unspecified atom stereocenters. The van der Waals surface area contributed by atoms with Gasteiger partial charge in [-0.3, -0.25) is 4.79 Å². The number of aliphatic hydroxyl groups excluding tert-OH is 1. The summed E-state index contributed by atoms with van der Waals surface area (Å²) in [5.74, 6) is -1.00. The minimum absolute atomic E-state index is 0.00226. The lowest BCUT2D eigenvalue weighted by molar-refractivity contribution is 0.102. The van der Waals surface area contributed by atoms with Crippen LogP contribution >= 0.6 is 22.9 Å². The second kappa shape index (κ2) is 8.99. The van der Waals surface area contributed by atoms with E-state index in [4.69, 9.17) is 16.1 Å². The molecule has 8 nitrogen and oxygen atoms in total. The third-order valence-corrected chi connectivity index (χ3v) is 7.56. The Kier molecular flexibility index (Phi) is 6.75. The zero-order valence-corrected chi connectivity index (χ0v) is 19.7. The number of aliphatic hydroxyl groups is 1. The van der Waals surface area contributed by atoms with Crippen molar-refractivity contribution in [1.82, 2.24) is 5.16 Å². The predicted molar refractivity (Wildman–Crippen MR) is 121 cm³/mol. The number of aromatic nitrogens is 1. The van der Waals surface area contributed by atoms with Gasteiger partial charge in [0.1, 0.15) is 20.5 Å². The lowest BCUT2D eigenvalue weighted by Gasteiger charge is -2.19. The largest absolute Gasteiger partial charge is 0.396 e. The number of nitrogens with one attached hydrogen (secondary N) is 2. The molecular formula is C20H22ClN3O5S2. The van der Waals surface area contributed by atoms with Gasteiger partial charge in [0.15, 0.2) is 0 Å². The summed E-state index contributed by atoms with van der Waals surface area (Å²) in [4.78, 5) is 12.8. The third-order valence-electron chi connectivity index (χ3n) is 4.70. The first-order valence-corrected chi connectivity index (χ1v) is 12.0. The van der Waals surface area contributed by atoms with Gasteiger partial charge in [0.25, 0.3) is 21.8 Å². The molecule has 0 saturated heterocycles. The fraction of sp³-hybridized carbons (Fsp3) is 0.300. The number of nitrogens with zero attached hydrogens (tertiary/aromatic N) is 1. The number of sulfonamides is 1. The fourth-order valence-electron chi connectivity index (χ4n) is 3.10. The first kappa shape index (κ1) is 23.3. The first-order valence-electron chi connectivity index (χ1n) is 9.30. The van der Waals surface area contributed by atoms with Crippen molar-refractivity contribution in [3.63, 3.8) is 0 Å². The van der Waals surface area contributed by atoms with Crippen molar-refractivity contribution in [2.45, 2.75) is 38.5 Å². The molecular weight excluding hydrogens is 462 g/mol. The Balaban J connectivity index is 1.94. The highest BCUT2D eigenvalue weighted by Crippen LogP contribution is 2.32. The number of aryl methyl sites for hydroxylation is 3. The van der Waals surface area contributed by atoms with Crippen molar-refractivity contribution in [3.8, 4) is 0 Å². The number of rotatable bonds is 7. The molecule has 3 aromatic rings. The summed E-state index contributed by atoms with van der Waals surface area (Å²) in [6.07, 6.45) is 0. The van der Waals surface area contributed by atoms with Crippen LogP contribution in [0.2, 0.25) is 5.02 Å². The second-order valence-corrected chi connectivity index (χ2v) is 10.2. The maximum absolute atomic E-state index is 13.0. The summed E-state index contributed by atoms with van der Waals surface area (Å²) >= 11 is 6.99. The van der Waals surface area contributed by atoms with E-state index in [-0.39, 0.29) is 33.2 Å². The number of benzene rings is 1. The molecule has 166 valence electrons. The van der Waals surface area contributed by atoms with Crippen molar-refractivity contribution >= 4 is 50.4 Å². The lowest BCUT2D eigenvalue weighted by Crippen LogP contribution is -2.20.